The van der Waals surface area contributed by atoms with Gasteiger partial charge in [0.25, 0.3) is 0 Å². The highest BCUT2D eigenvalue weighted by Crippen LogP contribution is 2.35. The van der Waals surface area contributed by atoms with Crippen molar-refractivity contribution in [3.63, 3.8) is 0 Å². The van der Waals surface area contributed by atoms with Crippen LogP contribution in [0, 0.1) is 5.82 Å². The Labute approximate surface area is 149 Å². The van der Waals surface area contributed by atoms with E-state index in [4.69, 9.17) is 9.47 Å². The Balaban J connectivity index is 1.65. The molecule has 2 aliphatic rings. The Bertz CT molecular complexity index is 840. The standard InChI is InChI=1S/C18H19FN4O3/c1-11-15(17(24)26-9-14-3-2-8-25-14)16(12-4-6-13(19)7-5-12)23-18(22-11)20-10-21-23/h4-7,10,14,16H,2-3,8-9H2,1H3,(H,20,21,22)/t14-,16+/m1/s1. The van der Waals surface area contributed by atoms with Crippen molar-refractivity contribution in [2.75, 3.05) is 18.5 Å². The highest BCUT2D eigenvalue weighted by atomic mass is 19.1. The van der Waals surface area contributed by atoms with Crippen molar-refractivity contribution in [3.05, 3.63) is 53.2 Å². The second kappa shape index (κ2) is 6.87. The molecule has 1 saturated heterocycles. The molecule has 1 N–H and O–H groups in total. The minimum Gasteiger partial charge on any atom is -0.459 e. The number of benzene rings is 1. The number of allylic oxidation sites excluding steroid dienone is 1. The number of halogens is 1. The fraction of sp³-hybridized carbons (Fsp3) is 0.389. The molecule has 8 heteroatoms. The molecular formula is C18H19FN4O3. The lowest BCUT2D eigenvalue weighted by Crippen LogP contribution is -2.30. The van der Waals surface area contributed by atoms with E-state index in [0.29, 0.717) is 23.8 Å². The molecule has 0 radical (unpaired) electrons. The quantitative estimate of drug-likeness (QED) is 0.846. The predicted molar refractivity (Wildman–Crippen MR) is 90.8 cm³/mol. The number of esters is 1. The predicted octanol–water partition coefficient (Wildman–Crippen LogP) is 2.43. The van der Waals surface area contributed by atoms with Crippen LogP contribution in [-0.4, -0.2) is 40.1 Å². The molecular weight excluding hydrogens is 339 g/mol. The van der Waals surface area contributed by atoms with Gasteiger partial charge in [-0.05, 0) is 37.5 Å². The zero-order chi connectivity index (χ0) is 18.1. The minimum atomic E-state index is -0.536. The summed E-state index contributed by atoms with van der Waals surface area (Å²) in [5.41, 5.74) is 1.79. The van der Waals surface area contributed by atoms with Crippen LogP contribution in [0.25, 0.3) is 0 Å². The molecule has 0 saturated carbocycles. The van der Waals surface area contributed by atoms with Gasteiger partial charge in [-0.1, -0.05) is 12.1 Å². The van der Waals surface area contributed by atoms with Gasteiger partial charge in [0.2, 0.25) is 5.95 Å². The number of nitrogens with one attached hydrogen (secondary N) is 1. The smallest absolute Gasteiger partial charge is 0.338 e. The van der Waals surface area contributed by atoms with Crippen molar-refractivity contribution >= 4 is 11.9 Å². The van der Waals surface area contributed by atoms with Gasteiger partial charge in [-0.15, -0.1) is 0 Å². The first-order valence-electron chi connectivity index (χ1n) is 8.55. The first-order chi connectivity index (χ1) is 12.6. The number of hydrogen-bond acceptors (Lipinski definition) is 6. The normalized spacial score (nSPS) is 22.1. The van der Waals surface area contributed by atoms with Crippen molar-refractivity contribution in [2.45, 2.75) is 31.9 Å². The number of fused-ring (bicyclic) bond motifs is 1. The molecule has 2 atom stereocenters. The van der Waals surface area contributed by atoms with Crippen molar-refractivity contribution in [2.24, 2.45) is 0 Å². The van der Waals surface area contributed by atoms with Crippen LogP contribution in [0.1, 0.15) is 31.4 Å². The summed E-state index contributed by atoms with van der Waals surface area (Å²) in [5, 5.41) is 7.30. The molecule has 7 nitrogen and oxygen atoms in total. The van der Waals surface area contributed by atoms with E-state index in [0.717, 1.165) is 18.4 Å². The molecule has 2 aromatic rings. The number of ether oxygens (including phenoxy) is 2. The van der Waals surface area contributed by atoms with Gasteiger partial charge in [-0.2, -0.15) is 10.1 Å². The first kappa shape index (κ1) is 16.7. The third-order valence-electron chi connectivity index (χ3n) is 4.62. The Morgan fingerprint density at radius 2 is 2.23 bits per heavy atom. The average molecular weight is 358 g/mol. The summed E-state index contributed by atoms with van der Waals surface area (Å²) in [4.78, 5) is 17.0. The summed E-state index contributed by atoms with van der Waals surface area (Å²) >= 11 is 0. The SMILES string of the molecule is CC1=C(C(=O)OC[C@H]2CCCO2)[C@H](c2ccc(F)cc2)n2ncnc2N1. The van der Waals surface area contributed by atoms with Gasteiger partial charge in [-0.3, -0.25) is 0 Å². The zero-order valence-corrected chi connectivity index (χ0v) is 14.3. The fourth-order valence-electron chi connectivity index (χ4n) is 3.33. The summed E-state index contributed by atoms with van der Waals surface area (Å²) in [6.45, 7) is 2.71. The molecule has 4 rings (SSSR count). The van der Waals surface area contributed by atoms with Gasteiger partial charge in [0.1, 0.15) is 24.8 Å². The third-order valence-corrected chi connectivity index (χ3v) is 4.62. The van der Waals surface area contributed by atoms with Gasteiger partial charge in [0.15, 0.2) is 0 Å². The van der Waals surface area contributed by atoms with E-state index in [9.17, 15) is 9.18 Å². The van der Waals surface area contributed by atoms with Crippen LogP contribution in [0.2, 0.25) is 0 Å². The van der Waals surface area contributed by atoms with E-state index < -0.39 is 12.0 Å². The van der Waals surface area contributed by atoms with Gasteiger partial charge < -0.3 is 14.8 Å². The van der Waals surface area contributed by atoms with Crippen LogP contribution in [0.3, 0.4) is 0 Å². The van der Waals surface area contributed by atoms with Gasteiger partial charge in [0, 0.05) is 12.3 Å². The number of nitrogens with zero attached hydrogens (tertiary/aromatic N) is 3. The summed E-state index contributed by atoms with van der Waals surface area (Å²) in [7, 11) is 0. The Kier molecular flexibility index (Phi) is 4.42. The second-order valence-electron chi connectivity index (χ2n) is 6.38. The average Bonchev–Trinajstić information content (AvgIpc) is 3.30. The molecule has 1 aromatic carbocycles. The summed E-state index contributed by atoms with van der Waals surface area (Å²) in [6.07, 6.45) is 3.22. The van der Waals surface area contributed by atoms with Crippen molar-refractivity contribution in [1.82, 2.24) is 14.8 Å². The highest BCUT2D eigenvalue weighted by Gasteiger charge is 2.34. The lowest BCUT2D eigenvalue weighted by molar-refractivity contribution is -0.142. The van der Waals surface area contributed by atoms with E-state index >= 15 is 0 Å². The van der Waals surface area contributed by atoms with E-state index in [2.05, 4.69) is 15.4 Å². The number of aromatic nitrogens is 3. The maximum absolute atomic E-state index is 13.4. The summed E-state index contributed by atoms with van der Waals surface area (Å²) in [6, 6.07) is 5.46. The minimum absolute atomic E-state index is 0.0531. The topological polar surface area (TPSA) is 78.3 Å². The van der Waals surface area contributed by atoms with E-state index in [-0.39, 0.29) is 18.5 Å². The molecule has 136 valence electrons. The molecule has 26 heavy (non-hydrogen) atoms. The van der Waals surface area contributed by atoms with Crippen molar-refractivity contribution < 1.29 is 18.7 Å². The Hall–Kier alpha value is -2.74. The lowest BCUT2D eigenvalue weighted by Gasteiger charge is -2.28. The summed E-state index contributed by atoms with van der Waals surface area (Å²) in [5.74, 6) is -0.266. The van der Waals surface area contributed by atoms with E-state index in [1.807, 2.05) is 0 Å². The molecule has 0 spiro atoms. The number of anilines is 1. The molecule has 0 amide bonds. The lowest BCUT2D eigenvalue weighted by atomic mass is 9.96. The van der Waals surface area contributed by atoms with E-state index in [1.54, 1.807) is 23.7 Å². The third kappa shape index (κ3) is 3.08. The second-order valence-corrected chi connectivity index (χ2v) is 6.38. The monoisotopic (exact) mass is 358 g/mol. The Morgan fingerprint density at radius 1 is 1.42 bits per heavy atom. The van der Waals surface area contributed by atoms with Crippen LogP contribution in [0.5, 0.6) is 0 Å². The van der Waals surface area contributed by atoms with Gasteiger partial charge in [-0.25, -0.2) is 13.9 Å². The number of carbonyl (C=O) groups excluding carboxylic acids is 1. The van der Waals surface area contributed by atoms with Crippen LogP contribution < -0.4 is 5.32 Å². The number of rotatable bonds is 4. The van der Waals surface area contributed by atoms with Crippen LogP contribution >= 0.6 is 0 Å². The van der Waals surface area contributed by atoms with Crippen LogP contribution in [0.15, 0.2) is 41.9 Å². The van der Waals surface area contributed by atoms with Crippen molar-refractivity contribution in [1.29, 1.82) is 0 Å². The molecule has 1 fully saturated rings. The first-order valence-corrected chi connectivity index (χ1v) is 8.55. The number of carbonyl (C=O) groups is 1. The summed E-state index contributed by atoms with van der Waals surface area (Å²) < 4.78 is 26.0. The molecule has 1 aromatic heterocycles. The van der Waals surface area contributed by atoms with Crippen LogP contribution in [-0.2, 0) is 14.3 Å². The maximum atomic E-state index is 13.4. The zero-order valence-electron chi connectivity index (χ0n) is 14.3. The molecule has 3 heterocycles. The van der Waals surface area contributed by atoms with Crippen LogP contribution in [0.4, 0.5) is 10.3 Å². The molecule has 0 bridgehead atoms. The van der Waals surface area contributed by atoms with E-state index in [1.165, 1.54) is 18.5 Å². The maximum Gasteiger partial charge on any atom is 0.338 e. The fourth-order valence-corrected chi connectivity index (χ4v) is 3.33. The molecule has 0 aliphatic carbocycles. The van der Waals surface area contributed by atoms with Gasteiger partial charge in [0.05, 0.1) is 11.7 Å². The van der Waals surface area contributed by atoms with Gasteiger partial charge >= 0.3 is 5.97 Å². The van der Waals surface area contributed by atoms with Crippen molar-refractivity contribution in [3.8, 4) is 0 Å². The Morgan fingerprint density at radius 3 is 2.96 bits per heavy atom. The molecule has 0 unspecified atom stereocenters. The molecule has 2 aliphatic heterocycles. The number of hydrogen-bond donors (Lipinski definition) is 1. The highest BCUT2D eigenvalue weighted by molar-refractivity contribution is 5.92. The largest absolute Gasteiger partial charge is 0.459 e.